The molecular weight excluding hydrogens is 261 g/mol. The van der Waals surface area contributed by atoms with Gasteiger partial charge in [0.25, 0.3) is 0 Å². The quantitative estimate of drug-likeness (QED) is 0.842. The zero-order chi connectivity index (χ0) is 15.5. The van der Waals surface area contributed by atoms with Crippen LogP contribution in [0.5, 0.6) is 0 Å². The Bertz CT molecular complexity index is 587. The van der Waals surface area contributed by atoms with E-state index in [2.05, 4.69) is 45.0 Å². The molecule has 2 aromatic rings. The van der Waals surface area contributed by atoms with Crippen LogP contribution < -0.4 is 5.73 Å². The fourth-order valence-corrected chi connectivity index (χ4v) is 2.71. The van der Waals surface area contributed by atoms with Gasteiger partial charge in [-0.15, -0.1) is 0 Å². The van der Waals surface area contributed by atoms with Gasteiger partial charge in [-0.3, -0.25) is 0 Å². The molecule has 0 aliphatic heterocycles. The summed E-state index contributed by atoms with van der Waals surface area (Å²) in [7, 11) is 0. The first kappa shape index (κ1) is 15.7. The summed E-state index contributed by atoms with van der Waals surface area (Å²) < 4.78 is 13.1. The number of aryl methyl sites for hydroxylation is 1. The highest BCUT2D eigenvalue weighted by Gasteiger charge is 2.29. The standard InChI is InChI=1S/C19H24FN/c1-4-6-14-7-5-8-15(13-14)18(21)19(2,3)16-9-11-17(20)12-10-16/h5,7-13,18H,4,6,21H2,1-3H3. The number of benzene rings is 2. The van der Waals surface area contributed by atoms with Crippen molar-refractivity contribution >= 4 is 0 Å². The molecule has 2 heteroatoms. The van der Waals surface area contributed by atoms with Gasteiger partial charge >= 0.3 is 0 Å². The molecule has 2 N–H and O–H groups in total. The fraction of sp³-hybridized carbons (Fsp3) is 0.368. The van der Waals surface area contributed by atoms with Crippen LogP contribution in [0.15, 0.2) is 48.5 Å². The molecule has 21 heavy (non-hydrogen) atoms. The van der Waals surface area contributed by atoms with Gasteiger partial charge in [0.05, 0.1) is 0 Å². The fourth-order valence-electron chi connectivity index (χ4n) is 2.71. The van der Waals surface area contributed by atoms with Gasteiger partial charge in [-0.2, -0.15) is 0 Å². The van der Waals surface area contributed by atoms with Crippen molar-refractivity contribution in [3.8, 4) is 0 Å². The Morgan fingerprint density at radius 1 is 1.10 bits per heavy atom. The molecule has 2 aromatic carbocycles. The van der Waals surface area contributed by atoms with Gasteiger partial charge < -0.3 is 5.73 Å². The maximum Gasteiger partial charge on any atom is 0.123 e. The monoisotopic (exact) mass is 285 g/mol. The molecule has 0 saturated carbocycles. The van der Waals surface area contributed by atoms with Gasteiger partial charge in [-0.25, -0.2) is 4.39 Å². The molecular formula is C19H24FN. The van der Waals surface area contributed by atoms with Crippen LogP contribution in [0.4, 0.5) is 4.39 Å². The van der Waals surface area contributed by atoms with Crippen molar-refractivity contribution in [2.75, 3.05) is 0 Å². The van der Waals surface area contributed by atoms with Crippen LogP contribution in [-0.2, 0) is 11.8 Å². The van der Waals surface area contributed by atoms with E-state index in [9.17, 15) is 4.39 Å². The molecule has 1 unspecified atom stereocenters. The summed E-state index contributed by atoms with van der Waals surface area (Å²) in [5, 5.41) is 0. The van der Waals surface area contributed by atoms with E-state index >= 15 is 0 Å². The lowest BCUT2D eigenvalue weighted by Gasteiger charge is -2.33. The van der Waals surface area contributed by atoms with E-state index in [4.69, 9.17) is 5.73 Å². The van der Waals surface area contributed by atoms with Crippen LogP contribution in [0, 0.1) is 5.82 Å². The highest BCUT2D eigenvalue weighted by Crippen LogP contribution is 2.35. The van der Waals surface area contributed by atoms with Crippen molar-refractivity contribution in [3.63, 3.8) is 0 Å². The van der Waals surface area contributed by atoms with E-state index in [1.807, 2.05) is 12.1 Å². The Morgan fingerprint density at radius 3 is 2.38 bits per heavy atom. The second-order valence-corrected chi connectivity index (χ2v) is 6.20. The third-order valence-electron chi connectivity index (χ3n) is 4.21. The third kappa shape index (κ3) is 3.51. The molecule has 0 aromatic heterocycles. The lowest BCUT2D eigenvalue weighted by atomic mass is 9.75. The minimum Gasteiger partial charge on any atom is -0.323 e. The maximum atomic E-state index is 13.1. The van der Waals surface area contributed by atoms with Crippen molar-refractivity contribution in [3.05, 3.63) is 71.0 Å². The van der Waals surface area contributed by atoms with Crippen LogP contribution in [0.3, 0.4) is 0 Å². The average Bonchev–Trinajstić information content (AvgIpc) is 2.47. The molecule has 1 atom stereocenters. The molecule has 0 spiro atoms. The van der Waals surface area contributed by atoms with Crippen LogP contribution in [0.25, 0.3) is 0 Å². The van der Waals surface area contributed by atoms with E-state index in [0.717, 1.165) is 24.0 Å². The number of hydrogen-bond donors (Lipinski definition) is 1. The molecule has 0 aliphatic rings. The SMILES string of the molecule is CCCc1cccc(C(N)C(C)(C)c2ccc(F)cc2)c1. The summed E-state index contributed by atoms with van der Waals surface area (Å²) in [6.07, 6.45) is 2.19. The summed E-state index contributed by atoms with van der Waals surface area (Å²) in [6.45, 7) is 6.39. The minimum absolute atomic E-state index is 0.125. The Hall–Kier alpha value is -1.67. The number of halogens is 1. The topological polar surface area (TPSA) is 26.0 Å². The Balaban J connectivity index is 2.30. The molecule has 1 nitrogen and oxygen atoms in total. The lowest BCUT2D eigenvalue weighted by molar-refractivity contribution is 0.420. The predicted molar refractivity (Wildman–Crippen MR) is 86.8 cm³/mol. The van der Waals surface area contributed by atoms with Crippen LogP contribution in [-0.4, -0.2) is 0 Å². The first-order valence-electron chi connectivity index (χ1n) is 7.55. The zero-order valence-electron chi connectivity index (χ0n) is 13.1. The highest BCUT2D eigenvalue weighted by molar-refractivity contribution is 5.33. The second kappa shape index (κ2) is 6.40. The third-order valence-corrected chi connectivity index (χ3v) is 4.21. The number of rotatable bonds is 5. The van der Waals surface area contributed by atoms with Crippen molar-refractivity contribution < 1.29 is 4.39 Å². The summed E-state index contributed by atoms with van der Waals surface area (Å²) in [5.74, 6) is -0.215. The normalized spacial score (nSPS) is 13.2. The van der Waals surface area contributed by atoms with E-state index in [1.165, 1.54) is 17.7 Å². The van der Waals surface area contributed by atoms with E-state index in [0.29, 0.717) is 0 Å². The molecule has 0 fully saturated rings. The van der Waals surface area contributed by atoms with Gasteiger partial charge in [-0.05, 0) is 35.2 Å². The molecule has 0 amide bonds. The number of nitrogens with two attached hydrogens (primary N) is 1. The van der Waals surface area contributed by atoms with E-state index in [1.54, 1.807) is 0 Å². The Kier molecular flexibility index (Phi) is 4.79. The van der Waals surface area contributed by atoms with Crippen molar-refractivity contribution in [2.45, 2.75) is 45.1 Å². The number of hydrogen-bond acceptors (Lipinski definition) is 1. The molecule has 0 heterocycles. The van der Waals surface area contributed by atoms with E-state index in [-0.39, 0.29) is 17.3 Å². The lowest BCUT2D eigenvalue weighted by Crippen LogP contribution is -2.33. The van der Waals surface area contributed by atoms with Crippen molar-refractivity contribution in [1.29, 1.82) is 0 Å². The van der Waals surface area contributed by atoms with Gasteiger partial charge in [0, 0.05) is 11.5 Å². The maximum absolute atomic E-state index is 13.1. The molecule has 0 radical (unpaired) electrons. The Labute approximate surface area is 127 Å². The van der Waals surface area contributed by atoms with Crippen molar-refractivity contribution in [2.24, 2.45) is 5.73 Å². The molecule has 0 saturated heterocycles. The second-order valence-electron chi connectivity index (χ2n) is 6.20. The van der Waals surface area contributed by atoms with Crippen LogP contribution >= 0.6 is 0 Å². The average molecular weight is 285 g/mol. The van der Waals surface area contributed by atoms with Gasteiger partial charge in [0.1, 0.15) is 5.82 Å². The summed E-state index contributed by atoms with van der Waals surface area (Å²) in [6, 6.07) is 15.0. The molecule has 2 rings (SSSR count). The van der Waals surface area contributed by atoms with Crippen LogP contribution in [0.1, 0.15) is 49.9 Å². The first-order valence-corrected chi connectivity index (χ1v) is 7.55. The van der Waals surface area contributed by atoms with Gasteiger partial charge in [0.2, 0.25) is 0 Å². The smallest absolute Gasteiger partial charge is 0.123 e. The molecule has 0 bridgehead atoms. The van der Waals surface area contributed by atoms with Gasteiger partial charge in [0.15, 0.2) is 0 Å². The van der Waals surface area contributed by atoms with Gasteiger partial charge in [-0.1, -0.05) is 63.6 Å². The first-order chi connectivity index (χ1) is 9.95. The summed E-state index contributed by atoms with van der Waals surface area (Å²) in [5.41, 5.74) is 9.77. The summed E-state index contributed by atoms with van der Waals surface area (Å²) >= 11 is 0. The highest BCUT2D eigenvalue weighted by atomic mass is 19.1. The van der Waals surface area contributed by atoms with E-state index < -0.39 is 0 Å². The summed E-state index contributed by atoms with van der Waals surface area (Å²) in [4.78, 5) is 0. The molecule has 112 valence electrons. The predicted octanol–water partition coefficient (Wildman–Crippen LogP) is 4.76. The minimum atomic E-state index is -0.251. The largest absolute Gasteiger partial charge is 0.323 e. The Morgan fingerprint density at radius 2 is 1.76 bits per heavy atom. The zero-order valence-corrected chi connectivity index (χ0v) is 13.1. The van der Waals surface area contributed by atoms with Crippen molar-refractivity contribution in [1.82, 2.24) is 0 Å². The van der Waals surface area contributed by atoms with Crippen LogP contribution in [0.2, 0.25) is 0 Å². The molecule has 0 aliphatic carbocycles.